The Hall–Kier alpha value is -4.08. The molecule has 3 rings (SSSR count). The van der Waals surface area contributed by atoms with Gasteiger partial charge in [0.25, 0.3) is 5.69 Å². The molecule has 0 unspecified atom stereocenters. The van der Waals surface area contributed by atoms with Crippen LogP contribution in [0.15, 0.2) is 54.9 Å². The molecule has 2 N–H and O–H groups in total. The van der Waals surface area contributed by atoms with Crippen molar-refractivity contribution in [2.45, 2.75) is 19.9 Å². The molecule has 1 aromatic heterocycles. The molecule has 148 valence electrons. The molecule has 0 fully saturated rings. The number of aryl methyl sites for hydroxylation is 1. The van der Waals surface area contributed by atoms with Gasteiger partial charge in [-0.2, -0.15) is 0 Å². The molecule has 0 saturated carbocycles. The van der Waals surface area contributed by atoms with Crippen LogP contribution in [0.2, 0.25) is 0 Å². The number of nitrogens with zero attached hydrogens (tertiary/aromatic N) is 4. The van der Waals surface area contributed by atoms with Crippen LogP contribution in [0.25, 0.3) is 5.69 Å². The second-order valence-corrected chi connectivity index (χ2v) is 6.04. The number of nitro groups is 1. The monoisotopic (exact) mass is 394 g/mol. The van der Waals surface area contributed by atoms with Gasteiger partial charge in [-0.1, -0.05) is 31.2 Å². The maximum atomic E-state index is 12.1. The Morgan fingerprint density at radius 3 is 2.59 bits per heavy atom. The largest absolute Gasteiger partial charge is 0.341 e. The molecule has 0 radical (unpaired) electrons. The average molecular weight is 394 g/mol. The van der Waals surface area contributed by atoms with Crippen LogP contribution in [0.3, 0.4) is 0 Å². The molecule has 3 aromatic rings. The van der Waals surface area contributed by atoms with Crippen molar-refractivity contribution in [3.8, 4) is 5.69 Å². The summed E-state index contributed by atoms with van der Waals surface area (Å²) >= 11 is 0. The number of aromatic nitrogens is 3. The van der Waals surface area contributed by atoms with Crippen LogP contribution in [0, 0.1) is 10.1 Å². The molecular formula is C19H18N6O4. The van der Waals surface area contributed by atoms with E-state index in [-0.39, 0.29) is 17.9 Å². The summed E-state index contributed by atoms with van der Waals surface area (Å²) in [5.41, 5.74) is 1.41. The van der Waals surface area contributed by atoms with Crippen LogP contribution in [-0.4, -0.2) is 31.5 Å². The highest BCUT2D eigenvalue weighted by molar-refractivity contribution is 6.39. The van der Waals surface area contributed by atoms with E-state index in [0.29, 0.717) is 17.8 Å². The van der Waals surface area contributed by atoms with Gasteiger partial charge in [-0.15, -0.1) is 10.2 Å². The van der Waals surface area contributed by atoms with Gasteiger partial charge in [0.2, 0.25) is 0 Å². The van der Waals surface area contributed by atoms with E-state index >= 15 is 0 Å². The number of nitro benzene ring substituents is 1. The van der Waals surface area contributed by atoms with Crippen molar-refractivity contribution in [2.75, 3.05) is 5.32 Å². The van der Waals surface area contributed by atoms with Crippen LogP contribution in [0.1, 0.15) is 18.3 Å². The van der Waals surface area contributed by atoms with Gasteiger partial charge in [-0.05, 0) is 24.6 Å². The van der Waals surface area contributed by atoms with E-state index in [1.54, 1.807) is 17.6 Å². The van der Waals surface area contributed by atoms with Crippen LogP contribution < -0.4 is 10.6 Å². The van der Waals surface area contributed by atoms with E-state index in [4.69, 9.17) is 0 Å². The average Bonchev–Trinajstić information content (AvgIpc) is 3.21. The third-order valence-electron chi connectivity index (χ3n) is 4.19. The minimum Gasteiger partial charge on any atom is -0.341 e. The number of rotatable bonds is 6. The Kier molecular flexibility index (Phi) is 5.93. The topological polar surface area (TPSA) is 132 Å². The fourth-order valence-corrected chi connectivity index (χ4v) is 2.72. The zero-order valence-corrected chi connectivity index (χ0v) is 15.5. The van der Waals surface area contributed by atoms with E-state index in [9.17, 15) is 19.7 Å². The van der Waals surface area contributed by atoms with Gasteiger partial charge >= 0.3 is 11.8 Å². The molecule has 0 aliphatic carbocycles. The van der Waals surface area contributed by atoms with Gasteiger partial charge in [0.15, 0.2) is 5.82 Å². The molecule has 2 aromatic carbocycles. The fourth-order valence-electron chi connectivity index (χ4n) is 2.72. The van der Waals surface area contributed by atoms with Gasteiger partial charge in [-0.25, -0.2) is 0 Å². The van der Waals surface area contributed by atoms with Crippen molar-refractivity contribution < 1.29 is 14.5 Å². The Bertz CT molecular complexity index is 1050. The highest BCUT2D eigenvalue weighted by Crippen LogP contribution is 2.23. The maximum Gasteiger partial charge on any atom is 0.313 e. The maximum absolute atomic E-state index is 12.1. The van der Waals surface area contributed by atoms with Crippen molar-refractivity contribution in [1.82, 2.24) is 20.1 Å². The molecule has 0 atom stereocenters. The predicted molar refractivity (Wildman–Crippen MR) is 104 cm³/mol. The SMILES string of the molecule is CCc1ccc(NC(=O)C(=O)NCc2nncn2-c2ccccc2)cc1[N+](=O)[O-]. The lowest BCUT2D eigenvalue weighted by Gasteiger charge is -2.09. The zero-order chi connectivity index (χ0) is 20.8. The van der Waals surface area contributed by atoms with Crippen molar-refractivity contribution in [3.63, 3.8) is 0 Å². The van der Waals surface area contributed by atoms with E-state index in [1.165, 1.54) is 18.5 Å². The molecule has 1 heterocycles. The first kappa shape index (κ1) is 19.7. The van der Waals surface area contributed by atoms with Crippen LogP contribution >= 0.6 is 0 Å². The number of hydrogen-bond acceptors (Lipinski definition) is 6. The molecule has 29 heavy (non-hydrogen) atoms. The minimum absolute atomic E-state index is 0.0178. The predicted octanol–water partition coefficient (Wildman–Crippen LogP) is 1.99. The highest BCUT2D eigenvalue weighted by Gasteiger charge is 2.18. The van der Waals surface area contributed by atoms with Crippen LogP contribution in [0.5, 0.6) is 0 Å². The summed E-state index contributed by atoms with van der Waals surface area (Å²) in [5.74, 6) is -1.38. The number of hydrogen-bond donors (Lipinski definition) is 2. The van der Waals surface area contributed by atoms with E-state index < -0.39 is 16.7 Å². The summed E-state index contributed by atoms with van der Waals surface area (Å²) in [4.78, 5) is 34.9. The number of amides is 2. The lowest BCUT2D eigenvalue weighted by atomic mass is 10.1. The van der Waals surface area contributed by atoms with Gasteiger partial charge in [-0.3, -0.25) is 24.3 Å². The van der Waals surface area contributed by atoms with Crippen molar-refractivity contribution >= 4 is 23.2 Å². The summed E-state index contributed by atoms with van der Waals surface area (Å²) in [6.45, 7) is 1.78. The Morgan fingerprint density at radius 2 is 1.90 bits per heavy atom. The van der Waals surface area contributed by atoms with Gasteiger partial charge in [0, 0.05) is 23.0 Å². The second kappa shape index (κ2) is 8.74. The van der Waals surface area contributed by atoms with E-state index in [2.05, 4.69) is 20.8 Å². The number of carbonyl (C=O) groups is 2. The molecule has 0 aliphatic heterocycles. The first-order valence-corrected chi connectivity index (χ1v) is 8.80. The zero-order valence-electron chi connectivity index (χ0n) is 15.5. The van der Waals surface area contributed by atoms with Crippen LogP contribution in [0.4, 0.5) is 11.4 Å². The number of benzene rings is 2. The molecule has 2 amide bonds. The molecule has 0 aliphatic rings. The summed E-state index contributed by atoms with van der Waals surface area (Å²) in [5, 5.41) is 23.7. The van der Waals surface area contributed by atoms with Gasteiger partial charge in [0.05, 0.1) is 11.5 Å². The molecule has 10 nitrogen and oxygen atoms in total. The van der Waals surface area contributed by atoms with Crippen molar-refractivity contribution in [1.29, 1.82) is 0 Å². The Morgan fingerprint density at radius 1 is 1.14 bits per heavy atom. The first-order chi connectivity index (χ1) is 14.0. The molecule has 0 bridgehead atoms. The standard InChI is InChI=1S/C19H18N6O4/c1-2-13-8-9-14(10-16(13)25(28)29)22-19(27)18(26)20-11-17-23-21-12-24(17)15-6-4-3-5-7-15/h3-10,12H,2,11H2,1H3,(H,20,26)(H,22,27). The summed E-state index contributed by atoms with van der Waals surface area (Å²) in [6.07, 6.45) is 1.98. The smallest absolute Gasteiger partial charge is 0.313 e. The molecular weight excluding hydrogens is 376 g/mol. The summed E-state index contributed by atoms with van der Waals surface area (Å²) in [7, 11) is 0. The van der Waals surface area contributed by atoms with E-state index in [0.717, 1.165) is 5.69 Å². The Balaban J connectivity index is 1.64. The third kappa shape index (κ3) is 4.61. The van der Waals surface area contributed by atoms with Crippen molar-refractivity contribution in [2.24, 2.45) is 0 Å². The number of para-hydroxylation sites is 1. The molecule has 10 heteroatoms. The van der Waals surface area contributed by atoms with Gasteiger partial charge in [0.1, 0.15) is 6.33 Å². The summed E-state index contributed by atoms with van der Waals surface area (Å²) < 4.78 is 1.69. The lowest BCUT2D eigenvalue weighted by molar-refractivity contribution is -0.385. The molecule has 0 saturated heterocycles. The van der Waals surface area contributed by atoms with Crippen LogP contribution in [-0.2, 0) is 22.6 Å². The number of anilines is 1. The highest BCUT2D eigenvalue weighted by atomic mass is 16.6. The Labute approximate surface area is 165 Å². The summed E-state index contributed by atoms with van der Waals surface area (Å²) in [6, 6.07) is 13.6. The first-order valence-electron chi connectivity index (χ1n) is 8.80. The normalized spacial score (nSPS) is 10.4. The quantitative estimate of drug-likeness (QED) is 0.373. The number of nitrogens with one attached hydrogen (secondary N) is 2. The lowest BCUT2D eigenvalue weighted by Crippen LogP contribution is -2.35. The number of carbonyl (C=O) groups excluding carboxylic acids is 2. The van der Waals surface area contributed by atoms with Crippen molar-refractivity contribution in [3.05, 3.63) is 76.4 Å². The third-order valence-corrected chi connectivity index (χ3v) is 4.19. The van der Waals surface area contributed by atoms with E-state index in [1.807, 2.05) is 30.3 Å². The van der Waals surface area contributed by atoms with Gasteiger partial charge < -0.3 is 10.6 Å². The second-order valence-electron chi connectivity index (χ2n) is 6.04. The molecule has 0 spiro atoms. The minimum atomic E-state index is -0.936. The fraction of sp³-hybridized carbons (Fsp3) is 0.158.